The summed E-state index contributed by atoms with van der Waals surface area (Å²) in [6.45, 7) is 3.90. The average Bonchev–Trinajstić information content (AvgIpc) is 3.18. The standard InChI is InChI=1S/C27H24ClN5O2/c1-16-4-10-20(11-5-16)29-25(34)15-23-27-32-31-17(2)33(27)24-13-12-21(35-3)14-22(24)26(30-23)18-6-8-19(28)9-7-18/h4-14,23H,15H2,1-3H3,(H,29,34). The monoisotopic (exact) mass is 485 g/mol. The maximum absolute atomic E-state index is 13.1. The van der Waals surface area contributed by atoms with Crippen LogP contribution < -0.4 is 10.1 Å². The summed E-state index contributed by atoms with van der Waals surface area (Å²) >= 11 is 6.16. The van der Waals surface area contributed by atoms with Gasteiger partial charge in [-0.15, -0.1) is 10.2 Å². The SMILES string of the molecule is COc1ccc2c(c1)C(c1ccc(Cl)cc1)=NC(CC(=O)Nc1ccc(C)cc1)c1nnc(C)n1-2. The first-order valence-electron chi connectivity index (χ1n) is 11.2. The summed E-state index contributed by atoms with van der Waals surface area (Å²) in [4.78, 5) is 18.2. The fraction of sp³-hybridized carbons (Fsp3) is 0.185. The van der Waals surface area contributed by atoms with Gasteiger partial charge in [-0.2, -0.15) is 0 Å². The molecule has 0 bridgehead atoms. The lowest BCUT2D eigenvalue weighted by molar-refractivity contribution is -0.116. The summed E-state index contributed by atoms with van der Waals surface area (Å²) in [6.07, 6.45) is 0.105. The molecule has 0 saturated heterocycles. The van der Waals surface area contributed by atoms with Gasteiger partial charge in [-0.25, -0.2) is 0 Å². The quantitative estimate of drug-likeness (QED) is 0.406. The molecule has 1 unspecified atom stereocenters. The molecule has 1 atom stereocenters. The first-order valence-corrected chi connectivity index (χ1v) is 11.6. The molecule has 4 aromatic rings. The van der Waals surface area contributed by atoms with E-state index in [4.69, 9.17) is 21.3 Å². The first-order chi connectivity index (χ1) is 16.9. The summed E-state index contributed by atoms with van der Waals surface area (Å²) in [5.41, 5.74) is 5.20. The zero-order chi connectivity index (χ0) is 24.5. The van der Waals surface area contributed by atoms with Crippen LogP contribution in [0.3, 0.4) is 0 Å². The number of halogens is 1. The Morgan fingerprint density at radius 1 is 1.03 bits per heavy atom. The Labute approximate surface area is 208 Å². The number of anilines is 1. The zero-order valence-electron chi connectivity index (χ0n) is 19.6. The van der Waals surface area contributed by atoms with Gasteiger partial charge in [0.25, 0.3) is 0 Å². The topological polar surface area (TPSA) is 81.4 Å². The van der Waals surface area contributed by atoms with Gasteiger partial charge in [-0.05, 0) is 56.3 Å². The van der Waals surface area contributed by atoms with Crippen LogP contribution in [0.1, 0.15) is 40.8 Å². The maximum atomic E-state index is 13.1. The lowest BCUT2D eigenvalue weighted by atomic mass is 10.00. The molecule has 1 aliphatic rings. The number of nitrogens with zero attached hydrogens (tertiary/aromatic N) is 4. The van der Waals surface area contributed by atoms with Crippen molar-refractivity contribution in [2.45, 2.75) is 26.3 Å². The third-order valence-corrected chi connectivity index (χ3v) is 6.22. The number of methoxy groups -OCH3 is 1. The van der Waals surface area contributed by atoms with Crippen LogP contribution in [0.2, 0.25) is 5.02 Å². The van der Waals surface area contributed by atoms with Crippen LogP contribution in [-0.4, -0.2) is 33.5 Å². The number of hydrogen-bond acceptors (Lipinski definition) is 5. The first kappa shape index (κ1) is 22.8. The molecule has 7 nitrogen and oxygen atoms in total. The number of hydrogen-bond donors (Lipinski definition) is 1. The van der Waals surface area contributed by atoms with E-state index in [1.54, 1.807) is 7.11 Å². The number of nitrogens with one attached hydrogen (secondary N) is 1. The molecular weight excluding hydrogens is 462 g/mol. The Morgan fingerprint density at radius 2 is 1.77 bits per heavy atom. The number of benzene rings is 3. The Bertz CT molecular complexity index is 1430. The Hall–Kier alpha value is -3.97. The number of carbonyl (C=O) groups excluding carboxylic acids is 1. The summed E-state index contributed by atoms with van der Waals surface area (Å²) in [5.74, 6) is 1.86. The highest BCUT2D eigenvalue weighted by Crippen LogP contribution is 2.34. The third kappa shape index (κ3) is 4.55. The third-order valence-electron chi connectivity index (χ3n) is 5.96. The lowest BCUT2D eigenvalue weighted by Crippen LogP contribution is -2.17. The van der Waals surface area contributed by atoms with Crippen LogP contribution in [0.25, 0.3) is 5.69 Å². The molecule has 5 rings (SSSR count). The number of aryl methyl sites for hydroxylation is 2. The molecule has 1 aromatic heterocycles. The fourth-order valence-electron chi connectivity index (χ4n) is 4.20. The van der Waals surface area contributed by atoms with Gasteiger partial charge in [-0.3, -0.25) is 14.4 Å². The van der Waals surface area contributed by atoms with Gasteiger partial charge in [0, 0.05) is 21.8 Å². The van der Waals surface area contributed by atoms with E-state index in [1.807, 2.05) is 85.1 Å². The Morgan fingerprint density at radius 3 is 2.49 bits per heavy atom. The molecule has 0 spiro atoms. The van der Waals surface area contributed by atoms with Crippen LogP contribution in [0, 0.1) is 13.8 Å². The van der Waals surface area contributed by atoms with Gasteiger partial charge in [0.2, 0.25) is 5.91 Å². The normalized spacial score (nSPS) is 14.4. The van der Waals surface area contributed by atoms with Crippen LogP contribution in [-0.2, 0) is 4.79 Å². The average molecular weight is 486 g/mol. The second-order valence-electron chi connectivity index (χ2n) is 8.44. The molecule has 1 aliphatic heterocycles. The molecule has 3 aromatic carbocycles. The van der Waals surface area contributed by atoms with Crippen LogP contribution in [0.5, 0.6) is 5.75 Å². The largest absolute Gasteiger partial charge is 0.497 e. The predicted octanol–water partition coefficient (Wildman–Crippen LogP) is 5.47. The molecule has 0 fully saturated rings. The van der Waals surface area contributed by atoms with E-state index in [0.29, 0.717) is 22.4 Å². The number of fused-ring (bicyclic) bond motifs is 3. The molecule has 0 saturated carbocycles. The van der Waals surface area contributed by atoms with Crippen molar-refractivity contribution in [3.8, 4) is 11.4 Å². The van der Waals surface area contributed by atoms with Crippen LogP contribution in [0.4, 0.5) is 5.69 Å². The molecule has 8 heteroatoms. The lowest BCUT2D eigenvalue weighted by Gasteiger charge is -2.14. The molecule has 35 heavy (non-hydrogen) atoms. The van der Waals surface area contributed by atoms with Crippen molar-refractivity contribution >= 4 is 28.9 Å². The highest BCUT2D eigenvalue weighted by molar-refractivity contribution is 6.30. The highest BCUT2D eigenvalue weighted by atomic mass is 35.5. The summed E-state index contributed by atoms with van der Waals surface area (Å²) in [5, 5.41) is 12.3. The Balaban J connectivity index is 1.61. The van der Waals surface area contributed by atoms with Gasteiger partial charge in [-0.1, -0.05) is 41.4 Å². The van der Waals surface area contributed by atoms with Gasteiger partial charge in [0.05, 0.1) is 24.9 Å². The molecule has 0 aliphatic carbocycles. The van der Waals surface area contributed by atoms with Gasteiger partial charge in [0.15, 0.2) is 5.82 Å². The molecule has 176 valence electrons. The fourth-order valence-corrected chi connectivity index (χ4v) is 4.33. The van der Waals surface area contributed by atoms with Crippen molar-refractivity contribution in [3.63, 3.8) is 0 Å². The summed E-state index contributed by atoms with van der Waals surface area (Å²) in [7, 11) is 1.63. The molecule has 2 heterocycles. The van der Waals surface area contributed by atoms with E-state index in [9.17, 15) is 4.79 Å². The second-order valence-corrected chi connectivity index (χ2v) is 8.88. The van der Waals surface area contributed by atoms with Gasteiger partial charge < -0.3 is 10.1 Å². The highest BCUT2D eigenvalue weighted by Gasteiger charge is 2.30. The summed E-state index contributed by atoms with van der Waals surface area (Å²) < 4.78 is 7.47. The van der Waals surface area contributed by atoms with Crippen molar-refractivity contribution < 1.29 is 9.53 Å². The minimum atomic E-state index is -0.550. The van der Waals surface area contributed by atoms with Crippen molar-refractivity contribution in [1.82, 2.24) is 14.8 Å². The second kappa shape index (κ2) is 9.35. The number of rotatable bonds is 5. The van der Waals surface area contributed by atoms with Gasteiger partial charge >= 0.3 is 0 Å². The minimum Gasteiger partial charge on any atom is -0.497 e. The van der Waals surface area contributed by atoms with E-state index in [1.165, 1.54) is 0 Å². The molecule has 1 N–H and O–H groups in total. The van der Waals surface area contributed by atoms with E-state index in [-0.39, 0.29) is 12.3 Å². The number of aromatic nitrogens is 3. The van der Waals surface area contributed by atoms with Crippen molar-refractivity contribution in [3.05, 3.63) is 100 Å². The van der Waals surface area contributed by atoms with Crippen molar-refractivity contribution in [1.29, 1.82) is 0 Å². The maximum Gasteiger partial charge on any atom is 0.227 e. The molecule has 0 radical (unpaired) electrons. The predicted molar refractivity (Wildman–Crippen MR) is 137 cm³/mol. The van der Waals surface area contributed by atoms with Gasteiger partial charge in [0.1, 0.15) is 17.6 Å². The number of amides is 1. The van der Waals surface area contributed by atoms with E-state index in [0.717, 1.165) is 33.8 Å². The number of aliphatic imine (C=N–C) groups is 1. The summed E-state index contributed by atoms with van der Waals surface area (Å²) in [6, 6.07) is 20.5. The Kier molecular flexibility index (Phi) is 6.09. The van der Waals surface area contributed by atoms with Crippen molar-refractivity contribution in [2.75, 3.05) is 12.4 Å². The van der Waals surface area contributed by atoms with Crippen LogP contribution in [0.15, 0.2) is 71.7 Å². The minimum absolute atomic E-state index is 0.105. The number of carbonyl (C=O) groups is 1. The van der Waals surface area contributed by atoms with E-state index >= 15 is 0 Å². The van der Waals surface area contributed by atoms with Crippen LogP contribution >= 0.6 is 11.6 Å². The number of ether oxygens (including phenoxy) is 1. The smallest absolute Gasteiger partial charge is 0.227 e. The zero-order valence-corrected chi connectivity index (χ0v) is 20.4. The molecule has 1 amide bonds. The molecular formula is C27H24ClN5O2. The van der Waals surface area contributed by atoms with E-state index in [2.05, 4.69) is 15.5 Å². The van der Waals surface area contributed by atoms with E-state index < -0.39 is 6.04 Å². The van der Waals surface area contributed by atoms with Crippen molar-refractivity contribution in [2.24, 2.45) is 4.99 Å².